The zero-order valence-corrected chi connectivity index (χ0v) is 15.3. The van der Waals surface area contributed by atoms with E-state index in [1.54, 1.807) is 19.1 Å². The number of rotatable bonds is 3. The van der Waals surface area contributed by atoms with E-state index in [-0.39, 0.29) is 0 Å². The van der Waals surface area contributed by atoms with E-state index in [1.165, 1.54) is 11.1 Å². The van der Waals surface area contributed by atoms with Crippen molar-refractivity contribution in [2.75, 3.05) is 5.43 Å². The molecule has 0 aliphatic heterocycles. The monoisotopic (exact) mass is 384 g/mol. The SMILES string of the molecule is C/C(=N\Nc1ccc(C)c(C)c1)c1cc2cc(Br)ccc2oc1=O. The Hall–Kier alpha value is -2.40. The molecule has 24 heavy (non-hydrogen) atoms. The van der Waals surface area contributed by atoms with Gasteiger partial charge < -0.3 is 4.42 Å². The van der Waals surface area contributed by atoms with Crippen LogP contribution in [0.5, 0.6) is 0 Å². The van der Waals surface area contributed by atoms with Gasteiger partial charge in [-0.3, -0.25) is 5.43 Å². The lowest BCUT2D eigenvalue weighted by Gasteiger charge is -2.06. The lowest BCUT2D eigenvalue weighted by Crippen LogP contribution is -2.13. The molecule has 0 atom stereocenters. The van der Waals surface area contributed by atoms with Crippen LogP contribution in [0.3, 0.4) is 0 Å². The molecule has 2 aromatic carbocycles. The summed E-state index contributed by atoms with van der Waals surface area (Å²) in [5, 5.41) is 5.17. The van der Waals surface area contributed by atoms with E-state index in [0.717, 1.165) is 15.5 Å². The standard InChI is InChI=1S/C19H17BrN2O2/c1-11-4-6-16(8-12(11)2)22-21-13(3)17-10-14-9-15(20)5-7-18(14)24-19(17)23/h4-10,22H,1-3H3/b21-13+. The highest BCUT2D eigenvalue weighted by Crippen LogP contribution is 2.20. The lowest BCUT2D eigenvalue weighted by molar-refractivity contribution is 0.559. The summed E-state index contributed by atoms with van der Waals surface area (Å²) in [6.07, 6.45) is 0. The zero-order chi connectivity index (χ0) is 17.3. The number of hydrazone groups is 1. The molecule has 3 rings (SSSR count). The number of nitrogens with one attached hydrogen (secondary N) is 1. The van der Waals surface area contributed by atoms with Crippen LogP contribution in [0.25, 0.3) is 11.0 Å². The van der Waals surface area contributed by atoms with Crippen molar-refractivity contribution in [3.63, 3.8) is 0 Å². The predicted octanol–water partition coefficient (Wildman–Crippen LogP) is 5.01. The van der Waals surface area contributed by atoms with Crippen LogP contribution in [0, 0.1) is 13.8 Å². The van der Waals surface area contributed by atoms with Crippen LogP contribution in [0.4, 0.5) is 5.69 Å². The Morgan fingerprint density at radius 3 is 2.62 bits per heavy atom. The number of halogens is 1. The molecule has 0 saturated heterocycles. The number of hydrogen-bond donors (Lipinski definition) is 1. The van der Waals surface area contributed by atoms with Crippen molar-refractivity contribution in [3.8, 4) is 0 Å². The van der Waals surface area contributed by atoms with E-state index in [1.807, 2.05) is 37.3 Å². The van der Waals surface area contributed by atoms with E-state index in [2.05, 4.69) is 33.4 Å². The second-order valence-electron chi connectivity index (χ2n) is 5.74. The van der Waals surface area contributed by atoms with Crippen molar-refractivity contribution in [2.24, 2.45) is 5.10 Å². The molecule has 0 aliphatic carbocycles. The maximum atomic E-state index is 12.2. The molecule has 0 spiro atoms. The summed E-state index contributed by atoms with van der Waals surface area (Å²) in [4.78, 5) is 12.2. The van der Waals surface area contributed by atoms with E-state index in [4.69, 9.17) is 4.42 Å². The molecule has 0 fully saturated rings. The van der Waals surface area contributed by atoms with Gasteiger partial charge in [0.2, 0.25) is 0 Å². The van der Waals surface area contributed by atoms with Crippen LogP contribution < -0.4 is 11.1 Å². The van der Waals surface area contributed by atoms with Crippen molar-refractivity contribution in [3.05, 3.63) is 74.0 Å². The first kappa shape index (κ1) is 16.5. The molecule has 5 heteroatoms. The van der Waals surface area contributed by atoms with Crippen molar-refractivity contribution < 1.29 is 4.42 Å². The average Bonchev–Trinajstić information content (AvgIpc) is 2.55. The Bertz CT molecular complexity index is 1010. The van der Waals surface area contributed by atoms with Crippen LogP contribution in [0.15, 0.2) is 61.3 Å². The third-order valence-corrected chi connectivity index (χ3v) is 4.44. The van der Waals surface area contributed by atoms with Crippen LogP contribution in [0.1, 0.15) is 23.6 Å². The van der Waals surface area contributed by atoms with Gasteiger partial charge in [-0.05, 0) is 68.3 Å². The minimum atomic E-state index is -0.395. The van der Waals surface area contributed by atoms with Crippen LogP contribution >= 0.6 is 15.9 Å². The minimum Gasteiger partial charge on any atom is -0.422 e. The Kier molecular flexibility index (Phi) is 4.53. The van der Waals surface area contributed by atoms with Crippen molar-refractivity contribution in [2.45, 2.75) is 20.8 Å². The highest BCUT2D eigenvalue weighted by molar-refractivity contribution is 9.10. The van der Waals surface area contributed by atoms with Gasteiger partial charge in [0, 0.05) is 9.86 Å². The van der Waals surface area contributed by atoms with E-state index in [0.29, 0.717) is 16.9 Å². The molecule has 0 amide bonds. The molecule has 122 valence electrons. The maximum Gasteiger partial charge on any atom is 0.345 e. The minimum absolute atomic E-state index is 0.395. The van der Waals surface area contributed by atoms with Gasteiger partial charge in [0.1, 0.15) is 5.58 Å². The first-order valence-corrected chi connectivity index (χ1v) is 8.34. The smallest absolute Gasteiger partial charge is 0.345 e. The number of nitrogens with zero attached hydrogens (tertiary/aromatic N) is 1. The fraction of sp³-hybridized carbons (Fsp3) is 0.158. The molecule has 3 aromatic rings. The molecular weight excluding hydrogens is 368 g/mol. The first-order chi connectivity index (χ1) is 11.4. The molecule has 0 bridgehead atoms. The number of fused-ring (bicyclic) bond motifs is 1. The fourth-order valence-corrected chi connectivity index (χ4v) is 2.74. The van der Waals surface area contributed by atoms with E-state index >= 15 is 0 Å². The van der Waals surface area contributed by atoms with Gasteiger partial charge in [0.15, 0.2) is 0 Å². The molecule has 0 unspecified atom stereocenters. The summed E-state index contributed by atoms with van der Waals surface area (Å²) in [5.41, 5.74) is 7.46. The van der Waals surface area contributed by atoms with Gasteiger partial charge in [-0.15, -0.1) is 0 Å². The number of benzene rings is 2. The third kappa shape index (κ3) is 3.41. The van der Waals surface area contributed by atoms with E-state index in [9.17, 15) is 4.79 Å². The quantitative estimate of drug-likeness (QED) is 0.392. The molecule has 0 aliphatic rings. The maximum absolute atomic E-state index is 12.2. The topological polar surface area (TPSA) is 54.6 Å². The van der Waals surface area contributed by atoms with Crippen molar-refractivity contribution in [1.82, 2.24) is 0 Å². The predicted molar refractivity (Wildman–Crippen MR) is 102 cm³/mol. The summed E-state index contributed by atoms with van der Waals surface area (Å²) >= 11 is 3.42. The second-order valence-corrected chi connectivity index (χ2v) is 6.65. The first-order valence-electron chi connectivity index (χ1n) is 7.55. The molecule has 1 aromatic heterocycles. The third-order valence-electron chi connectivity index (χ3n) is 3.94. The van der Waals surface area contributed by atoms with Crippen molar-refractivity contribution >= 4 is 38.3 Å². The molecule has 4 nitrogen and oxygen atoms in total. The van der Waals surface area contributed by atoms with Gasteiger partial charge in [0.05, 0.1) is 17.0 Å². The van der Waals surface area contributed by atoms with Gasteiger partial charge in [-0.2, -0.15) is 5.10 Å². The number of hydrogen-bond acceptors (Lipinski definition) is 4. The Morgan fingerprint density at radius 1 is 1.08 bits per heavy atom. The Labute approximate surface area is 148 Å². The highest BCUT2D eigenvalue weighted by atomic mass is 79.9. The second kappa shape index (κ2) is 6.61. The summed E-state index contributed by atoms with van der Waals surface area (Å²) < 4.78 is 6.30. The zero-order valence-electron chi connectivity index (χ0n) is 13.7. The van der Waals surface area contributed by atoms with Gasteiger partial charge in [-0.25, -0.2) is 4.79 Å². The Morgan fingerprint density at radius 2 is 1.88 bits per heavy atom. The highest BCUT2D eigenvalue weighted by Gasteiger charge is 2.09. The lowest BCUT2D eigenvalue weighted by atomic mass is 10.1. The van der Waals surface area contributed by atoms with Crippen LogP contribution in [0.2, 0.25) is 0 Å². The van der Waals surface area contributed by atoms with Gasteiger partial charge >= 0.3 is 5.63 Å². The van der Waals surface area contributed by atoms with Crippen LogP contribution in [-0.2, 0) is 0 Å². The fourth-order valence-electron chi connectivity index (χ4n) is 2.37. The summed E-state index contributed by atoms with van der Waals surface area (Å²) in [7, 11) is 0. The number of anilines is 1. The normalized spacial score (nSPS) is 11.8. The molecule has 1 heterocycles. The summed E-state index contributed by atoms with van der Waals surface area (Å²) in [6, 6.07) is 13.3. The molecule has 0 saturated carbocycles. The summed E-state index contributed by atoms with van der Waals surface area (Å²) in [6.45, 7) is 5.89. The Balaban J connectivity index is 1.94. The van der Waals surface area contributed by atoms with E-state index < -0.39 is 5.63 Å². The van der Waals surface area contributed by atoms with Crippen molar-refractivity contribution in [1.29, 1.82) is 0 Å². The van der Waals surface area contributed by atoms with Crippen LogP contribution in [-0.4, -0.2) is 5.71 Å². The average molecular weight is 385 g/mol. The summed E-state index contributed by atoms with van der Waals surface area (Å²) in [5.74, 6) is 0. The molecule has 1 N–H and O–H groups in total. The number of aryl methyl sites for hydroxylation is 2. The van der Waals surface area contributed by atoms with Gasteiger partial charge in [0.25, 0.3) is 0 Å². The molecular formula is C19H17BrN2O2. The largest absolute Gasteiger partial charge is 0.422 e. The van der Waals surface area contributed by atoms with Gasteiger partial charge in [-0.1, -0.05) is 22.0 Å². The molecule has 0 radical (unpaired) electrons.